The fraction of sp³-hybridized carbons (Fsp3) is 0.625. The number of hydrogen-bond donors (Lipinski definition) is 1. The molecule has 1 aliphatic rings. The molecule has 0 amide bonds. The van der Waals surface area contributed by atoms with Crippen molar-refractivity contribution in [1.29, 1.82) is 0 Å². The number of hydrogen-bond acceptors (Lipinski definition) is 2. The molecule has 0 spiro atoms. The van der Waals surface area contributed by atoms with Crippen LogP contribution in [0, 0.1) is 5.92 Å². The van der Waals surface area contributed by atoms with Crippen molar-refractivity contribution in [3.05, 3.63) is 28.8 Å². The van der Waals surface area contributed by atoms with Gasteiger partial charge in [0.1, 0.15) is 5.75 Å². The fourth-order valence-corrected chi connectivity index (χ4v) is 3.31. The van der Waals surface area contributed by atoms with Gasteiger partial charge in [0.2, 0.25) is 5.92 Å². The Labute approximate surface area is 129 Å². The second-order valence-corrected chi connectivity index (χ2v) is 6.19. The molecule has 21 heavy (non-hydrogen) atoms. The van der Waals surface area contributed by atoms with E-state index in [1.165, 1.54) is 0 Å². The molecule has 1 aromatic rings. The van der Waals surface area contributed by atoms with Crippen LogP contribution in [-0.2, 0) is 6.42 Å². The smallest absolute Gasteiger partial charge is 0.248 e. The lowest BCUT2D eigenvalue weighted by molar-refractivity contribution is -0.0492. The number of methoxy groups -OCH3 is 1. The Morgan fingerprint density at radius 2 is 2.05 bits per heavy atom. The van der Waals surface area contributed by atoms with Crippen LogP contribution in [0.3, 0.4) is 0 Å². The summed E-state index contributed by atoms with van der Waals surface area (Å²) in [6.45, 7) is 0. The molecular weight excluding hydrogens is 296 g/mol. The van der Waals surface area contributed by atoms with E-state index >= 15 is 0 Å². The van der Waals surface area contributed by atoms with Crippen LogP contribution in [0.15, 0.2) is 18.2 Å². The van der Waals surface area contributed by atoms with Crippen molar-refractivity contribution in [2.75, 3.05) is 14.2 Å². The molecule has 118 valence electrons. The molecule has 1 N–H and O–H groups in total. The summed E-state index contributed by atoms with van der Waals surface area (Å²) in [7, 11) is 3.51. The van der Waals surface area contributed by atoms with Gasteiger partial charge in [-0.2, -0.15) is 0 Å². The van der Waals surface area contributed by atoms with Crippen LogP contribution < -0.4 is 10.1 Å². The normalized spacial score (nSPS) is 20.2. The Balaban J connectivity index is 2.07. The molecule has 2 nitrogen and oxygen atoms in total. The highest BCUT2D eigenvalue weighted by atomic mass is 35.5. The monoisotopic (exact) mass is 317 g/mol. The summed E-state index contributed by atoms with van der Waals surface area (Å²) in [4.78, 5) is 0. The molecule has 1 unspecified atom stereocenters. The molecule has 0 heterocycles. The highest BCUT2D eigenvalue weighted by Gasteiger charge is 2.37. The van der Waals surface area contributed by atoms with Crippen LogP contribution in [0.25, 0.3) is 0 Å². The predicted molar refractivity (Wildman–Crippen MR) is 81.5 cm³/mol. The zero-order valence-corrected chi connectivity index (χ0v) is 13.2. The van der Waals surface area contributed by atoms with Crippen LogP contribution in [0.2, 0.25) is 5.02 Å². The third-order valence-corrected chi connectivity index (χ3v) is 4.62. The van der Waals surface area contributed by atoms with E-state index in [4.69, 9.17) is 16.3 Å². The van der Waals surface area contributed by atoms with E-state index in [2.05, 4.69) is 5.32 Å². The van der Waals surface area contributed by atoms with E-state index in [-0.39, 0.29) is 24.8 Å². The zero-order valence-electron chi connectivity index (χ0n) is 12.5. The topological polar surface area (TPSA) is 21.3 Å². The number of halogens is 3. The van der Waals surface area contributed by atoms with Crippen LogP contribution >= 0.6 is 11.6 Å². The first kappa shape index (κ1) is 16.5. The van der Waals surface area contributed by atoms with Gasteiger partial charge in [0.25, 0.3) is 0 Å². The first-order valence-electron chi connectivity index (χ1n) is 7.32. The Hall–Kier alpha value is -0.870. The van der Waals surface area contributed by atoms with Gasteiger partial charge in [-0.1, -0.05) is 11.6 Å². The maximum atomic E-state index is 13.3. The van der Waals surface area contributed by atoms with Crippen molar-refractivity contribution in [1.82, 2.24) is 5.32 Å². The Kier molecular flexibility index (Phi) is 5.44. The van der Waals surface area contributed by atoms with Crippen molar-refractivity contribution < 1.29 is 13.5 Å². The van der Waals surface area contributed by atoms with E-state index in [9.17, 15) is 8.78 Å². The lowest BCUT2D eigenvalue weighted by Gasteiger charge is -2.34. The highest BCUT2D eigenvalue weighted by Crippen LogP contribution is 2.38. The highest BCUT2D eigenvalue weighted by molar-refractivity contribution is 6.30. The van der Waals surface area contributed by atoms with Gasteiger partial charge in [0.05, 0.1) is 7.11 Å². The average Bonchev–Trinajstić information content (AvgIpc) is 2.45. The van der Waals surface area contributed by atoms with Gasteiger partial charge in [0.15, 0.2) is 0 Å². The second-order valence-electron chi connectivity index (χ2n) is 5.75. The summed E-state index contributed by atoms with van der Waals surface area (Å²) in [6.07, 6.45) is 1.82. The third-order valence-electron chi connectivity index (χ3n) is 4.38. The van der Waals surface area contributed by atoms with Crippen molar-refractivity contribution in [2.24, 2.45) is 5.92 Å². The summed E-state index contributed by atoms with van der Waals surface area (Å²) in [5.41, 5.74) is 1.02. The largest absolute Gasteiger partial charge is 0.496 e. The van der Waals surface area contributed by atoms with Gasteiger partial charge in [-0.3, -0.25) is 0 Å². The Morgan fingerprint density at radius 3 is 2.62 bits per heavy atom. The summed E-state index contributed by atoms with van der Waals surface area (Å²) in [5, 5.41) is 3.94. The molecule has 0 radical (unpaired) electrons. The van der Waals surface area contributed by atoms with Crippen molar-refractivity contribution in [3.8, 4) is 5.75 Å². The van der Waals surface area contributed by atoms with Crippen LogP contribution in [0.1, 0.15) is 31.2 Å². The van der Waals surface area contributed by atoms with Gasteiger partial charge in [0, 0.05) is 23.9 Å². The molecular formula is C16H22ClF2NO. The van der Waals surface area contributed by atoms with Gasteiger partial charge >= 0.3 is 0 Å². The minimum Gasteiger partial charge on any atom is -0.496 e. The van der Waals surface area contributed by atoms with Gasteiger partial charge in [-0.05, 0) is 56.0 Å². The number of alkyl halides is 2. The fourth-order valence-electron chi connectivity index (χ4n) is 3.11. The summed E-state index contributed by atoms with van der Waals surface area (Å²) in [6, 6.07) is 5.69. The number of likely N-dealkylation sites (N-methyl/N-ethyl adjacent to an activating group) is 1. The number of benzene rings is 1. The maximum absolute atomic E-state index is 13.3. The SMILES string of the molecule is CNC(Cc1cc(Cl)ccc1OC)C1CCC(F)(F)CC1. The average molecular weight is 318 g/mol. The first-order valence-corrected chi connectivity index (χ1v) is 7.70. The van der Waals surface area contributed by atoms with Crippen molar-refractivity contribution >= 4 is 11.6 Å². The number of rotatable bonds is 5. The molecule has 1 saturated carbocycles. The van der Waals surface area contributed by atoms with Gasteiger partial charge in [-0.15, -0.1) is 0 Å². The molecule has 1 fully saturated rings. The minimum atomic E-state index is -2.48. The molecule has 0 aliphatic heterocycles. The van der Waals surface area contributed by atoms with E-state index in [1.54, 1.807) is 13.2 Å². The van der Waals surface area contributed by atoms with E-state index < -0.39 is 5.92 Å². The molecule has 1 aromatic carbocycles. The van der Waals surface area contributed by atoms with Gasteiger partial charge in [-0.25, -0.2) is 8.78 Å². The summed E-state index contributed by atoms with van der Waals surface area (Å²) < 4.78 is 31.9. The zero-order chi connectivity index (χ0) is 15.5. The standard InChI is InChI=1S/C16H22ClF2NO/c1-20-14(11-5-7-16(18,19)8-6-11)10-12-9-13(17)3-4-15(12)21-2/h3-4,9,11,14,20H,5-8,10H2,1-2H3. The molecule has 5 heteroatoms. The van der Waals surface area contributed by atoms with Crippen LogP contribution in [0.4, 0.5) is 8.78 Å². The first-order chi connectivity index (χ1) is 9.95. The van der Waals surface area contributed by atoms with Gasteiger partial charge < -0.3 is 10.1 Å². The predicted octanol–water partition coefficient (Wildman–Crippen LogP) is 4.30. The lowest BCUT2D eigenvalue weighted by atomic mass is 9.80. The third kappa shape index (κ3) is 4.30. The van der Waals surface area contributed by atoms with Crippen LogP contribution in [-0.4, -0.2) is 26.1 Å². The molecule has 0 bridgehead atoms. The summed E-state index contributed by atoms with van der Waals surface area (Å²) >= 11 is 6.05. The Morgan fingerprint density at radius 1 is 1.38 bits per heavy atom. The molecule has 0 saturated heterocycles. The second kappa shape index (κ2) is 6.93. The maximum Gasteiger partial charge on any atom is 0.248 e. The molecule has 1 aliphatic carbocycles. The summed E-state index contributed by atoms with van der Waals surface area (Å²) in [5.74, 6) is -1.43. The minimum absolute atomic E-state index is 0.0114. The molecule has 2 rings (SSSR count). The number of ether oxygens (including phenoxy) is 1. The van der Waals surface area contributed by atoms with E-state index in [0.29, 0.717) is 17.9 Å². The van der Waals surface area contributed by atoms with Crippen LogP contribution in [0.5, 0.6) is 5.75 Å². The number of nitrogens with one attached hydrogen (secondary N) is 1. The molecule has 0 aromatic heterocycles. The van der Waals surface area contributed by atoms with E-state index in [0.717, 1.165) is 17.7 Å². The lowest BCUT2D eigenvalue weighted by Crippen LogP contribution is -2.39. The molecule has 1 atom stereocenters. The quantitative estimate of drug-likeness (QED) is 0.874. The van der Waals surface area contributed by atoms with E-state index in [1.807, 2.05) is 19.2 Å². The van der Waals surface area contributed by atoms with Crippen molar-refractivity contribution in [2.45, 2.75) is 44.1 Å². The van der Waals surface area contributed by atoms with Crippen molar-refractivity contribution in [3.63, 3.8) is 0 Å². The Bertz CT molecular complexity index is 471.